The number of fused-ring (bicyclic) bond motifs is 2. The standard InChI is InChI=1S/C30H22ClN5O13S4.3Na/c1-15-2-5-18(6-3-15)53(47,48)49-26-14-19(50(38,39)40)11-16-10-17(4-7-21(16)26)32-29-34-28(31)35-30(36-29)33-24-9-8-22-23(27(24)52(44,45)46)12-20(13-25(22)37)51(41,42)43;;;/h2-14,37H,1H3,(H,38,39,40)(H,41,42,43)(H,44,45,46)(H2,32,33,34,35,36);;;/q;3*+1/p-3. The Morgan fingerprint density at radius 2 is 1.23 bits per heavy atom. The molecule has 276 valence electrons. The molecule has 0 saturated carbocycles. The molecule has 0 radical (unpaired) electrons. The Hall–Kier alpha value is -2.20. The van der Waals surface area contributed by atoms with Gasteiger partial charge in [0.2, 0.25) is 17.2 Å². The van der Waals surface area contributed by atoms with Crippen molar-refractivity contribution in [2.75, 3.05) is 10.6 Å². The first-order valence-corrected chi connectivity index (χ1v) is 20.3. The van der Waals surface area contributed by atoms with E-state index in [0.29, 0.717) is 12.1 Å². The van der Waals surface area contributed by atoms with E-state index >= 15 is 0 Å². The molecule has 0 amide bonds. The van der Waals surface area contributed by atoms with Crippen molar-refractivity contribution in [2.45, 2.75) is 26.5 Å². The summed E-state index contributed by atoms with van der Waals surface area (Å²) in [7, 11) is -20.1. The average molecular weight is 890 g/mol. The number of aromatic nitrogens is 3. The largest absolute Gasteiger partial charge is 1.00 e. The monoisotopic (exact) mass is 889 g/mol. The summed E-state index contributed by atoms with van der Waals surface area (Å²) in [6, 6.07) is 14.6. The molecule has 18 nitrogen and oxygen atoms in total. The molecule has 0 unspecified atom stereocenters. The Balaban J connectivity index is 0.00000280. The average Bonchev–Trinajstić information content (AvgIpc) is 3.02. The minimum absolute atomic E-state index is 0. The fraction of sp³-hybridized carbons (Fsp3) is 0.0333. The second-order valence-corrected chi connectivity index (χ2v) is 17.1. The van der Waals surface area contributed by atoms with Crippen molar-refractivity contribution in [3.05, 3.63) is 89.7 Å². The minimum atomic E-state index is -5.23. The molecule has 26 heteroatoms. The van der Waals surface area contributed by atoms with Gasteiger partial charge in [0.05, 0.1) is 15.5 Å². The van der Waals surface area contributed by atoms with Crippen LogP contribution >= 0.6 is 11.6 Å². The van der Waals surface area contributed by atoms with Crippen LogP contribution in [0.25, 0.3) is 21.5 Å². The molecule has 6 aromatic rings. The molecule has 5 aromatic carbocycles. The molecule has 0 bridgehead atoms. The van der Waals surface area contributed by atoms with Crippen molar-refractivity contribution in [2.24, 2.45) is 0 Å². The van der Waals surface area contributed by atoms with Crippen molar-refractivity contribution in [1.82, 2.24) is 15.0 Å². The number of hydrogen-bond acceptors (Lipinski definition) is 17. The summed E-state index contributed by atoms with van der Waals surface area (Å²) >= 11 is 6.08. The maximum atomic E-state index is 13.0. The first-order chi connectivity index (χ1) is 24.6. The second kappa shape index (κ2) is 18.0. The maximum Gasteiger partial charge on any atom is 1.00 e. The van der Waals surface area contributed by atoms with E-state index in [1.807, 2.05) is 0 Å². The molecule has 0 saturated heterocycles. The van der Waals surface area contributed by atoms with E-state index in [1.54, 1.807) is 6.92 Å². The molecule has 0 atom stereocenters. The third kappa shape index (κ3) is 10.9. The number of anilines is 4. The van der Waals surface area contributed by atoms with Crippen molar-refractivity contribution in [1.29, 1.82) is 0 Å². The van der Waals surface area contributed by atoms with Gasteiger partial charge in [0.25, 0.3) is 10.1 Å². The number of nitrogens with zero attached hydrogens (tertiary/aromatic N) is 3. The Morgan fingerprint density at radius 1 is 0.661 bits per heavy atom. The van der Waals surface area contributed by atoms with Crippen LogP contribution in [0.2, 0.25) is 5.28 Å². The number of rotatable bonds is 10. The smallest absolute Gasteiger partial charge is 0.872 e. The normalized spacial score (nSPS) is 11.9. The topological polar surface area (TPSA) is 298 Å². The number of halogens is 1. The number of hydrogen-bond donors (Lipinski definition) is 3. The molecule has 1 aromatic heterocycles. The maximum absolute atomic E-state index is 13.0. The van der Waals surface area contributed by atoms with Crippen LogP contribution in [0.1, 0.15) is 5.56 Å². The number of benzene rings is 5. The molecule has 0 aliphatic rings. The van der Waals surface area contributed by atoms with E-state index in [4.69, 9.17) is 15.8 Å². The van der Waals surface area contributed by atoms with E-state index < -0.39 is 89.0 Å². The molecule has 1 heterocycles. The molecule has 0 aliphatic heterocycles. The van der Waals surface area contributed by atoms with Crippen LogP contribution in [0.4, 0.5) is 23.3 Å². The van der Waals surface area contributed by atoms with Gasteiger partial charge in [0.15, 0.2) is 5.75 Å². The van der Waals surface area contributed by atoms with Crippen molar-refractivity contribution < 1.29 is 145 Å². The molecule has 0 fully saturated rings. The predicted molar refractivity (Wildman–Crippen MR) is 183 cm³/mol. The molecule has 6 rings (SSSR count). The summed E-state index contributed by atoms with van der Waals surface area (Å²) in [6.45, 7) is 1.74. The Labute approximate surface area is 390 Å². The summed E-state index contributed by atoms with van der Waals surface area (Å²) in [6.07, 6.45) is 0. The summed E-state index contributed by atoms with van der Waals surface area (Å²) in [5.74, 6) is -2.25. The third-order valence-electron chi connectivity index (χ3n) is 7.36. The minimum Gasteiger partial charge on any atom is -0.872 e. The predicted octanol–water partition coefficient (Wildman–Crippen LogP) is -5.46. The van der Waals surface area contributed by atoms with Gasteiger partial charge in [0.1, 0.15) is 30.0 Å². The van der Waals surface area contributed by atoms with Crippen molar-refractivity contribution in [3.63, 3.8) is 0 Å². The van der Waals surface area contributed by atoms with Gasteiger partial charge >= 0.3 is 98.8 Å². The van der Waals surface area contributed by atoms with Crippen LogP contribution in [-0.2, 0) is 40.5 Å². The van der Waals surface area contributed by atoms with Gasteiger partial charge < -0.3 is 29.0 Å². The van der Waals surface area contributed by atoms with E-state index in [9.17, 15) is 52.4 Å². The van der Waals surface area contributed by atoms with E-state index in [1.165, 1.54) is 42.5 Å². The molecule has 56 heavy (non-hydrogen) atoms. The first kappa shape index (κ1) is 48.2. The number of nitrogens with one attached hydrogen (secondary N) is 2. The molecule has 0 spiro atoms. The summed E-state index contributed by atoms with van der Waals surface area (Å²) < 4.78 is 137. The molecular weight excluding hydrogens is 871 g/mol. The van der Waals surface area contributed by atoms with Crippen LogP contribution in [0.15, 0.2) is 98.4 Å². The fourth-order valence-electron chi connectivity index (χ4n) is 5.05. The van der Waals surface area contributed by atoms with Crippen LogP contribution in [0.5, 0.6) is 11.5 Å². The van der Waals surface area contributed by atoms with Gasteiger partial charge in [-0.3, -0.25) is 4.55 Å². The van der Waals surface area contributed by atoms with Crippen LogP contribution in [0.3, 0.4) is 0 Å². The molecule has 3 N–H and O–H groups in total. The Bertz CT molecular complexity index is 2970. The number of aryl methyl sites for hydroxylation is 1. The van der Waals surface area contributed by atoms with Gasteiger partial charge in [-0.25, -0.2) is 16.8 Å². The van der Waals surface area contributed by atoms with Gasteiger partial charge in [-0.15, -0.1) is 0 Å². The van der Waals surface area contributed by atoms with E-state index in [2.05, 4.69) is 25.6 Å². The summed E-state index contributed by atoms with van der Waals surface area (Å²) in [4.78, 5) is 8.76. The summed E-state index contributed by atoms with van der Waals surface area (Å²) in [5, 5.41) is 16.4. The zero-order chi connectivity index (χ0) is 38.7. The molecule has 0 aliphatic carbocycles. The first-order valence-electron chi connectivity index (χ1n) is 14.3. The molecular formula is C30H19ClN5Na3O13S4. The van der Waals surface area contributed by atoms with Crippen LogP contribution in [0, 0.1) is 6.92 Å². The van der Waals surface area contributed by atoms with Gasteiger partial charge in [0, 0.05) is 22.5 Å². The third-order valence-corrected chi connectivity index (χ3v) is 11.4. The Kier molecular flexibility index (Phi) is 15.5. The SMILES string of the molecule is Cc1ccc(S(=O)(=O)Oc2cc(S(=O)(=O)[O-])cc3cc(Nc4nc(Cl)nc(Nc5ccc6c([O-])cc(S(=O)(=O)[O-])cc6c5S(=O)(=O)O)n4)ccc23)cc1.[Na+].[Na+].[Na+]. The fourth-order valence-corrected chi connectivity index (χ4v) is 8.03. The van der Waals surface area contributed by atoms with Gasteiger partial charge in [-0.2, -0.15) is 31.8 Å². The second-order valence-electron chi connectivity index (χ2n) is 11.1. The summed E-state index contributed by atoms with van der Waals surface area (Å²) in [5.41, 5.74) is 0.414. The van der Waals surface area contributed by atoms with E-state index in [0.717, 1.165) is 29.8 Å². The zero-order valence-corrected chi connectivity index (χ0v) is 39.2. The van der Waals surface area contributed by atoms with Crippen LogP contribution < -0.4 is 109 Å². The van der Waals surface area contributed by atoms with E-state index in [-0.39, 0.29) is 121 Å². The van der Waals surface area contributed by atoms with Crippen LogP contribution in [-0.4, -0.2) is 62.3 Å². The van der Waals surface area contributed by atoms with Crippen molar-refractivity contribution >= 4 is 96.9 Å². The Morgan fingerprint density at radius 3 is 1.82 bits per heavy atom. The van der Waals surface area contributed by atoms with Gasteiger partial charge in [-0.05, 0) is 77.8 Å². The van der Waals surface area contributed by atoms with Crippen molar-refractivity contribution in [3.8, 4) is 11.5 Å². The van der Waals surface area contributed by atoms with Gasteiger partial charge in [-0.1, -0.05) is 35.6 Å². The quantitative estimate of drug-likeness (QED) is 0.0657. The zero-order valence-electron chi connectivity index (χ0n) is 29.2.